The van der Waals surface area contributed by atoms with Crippen LogP contribution in [0.15, 0.2) is 54.7 Å². The Kier molecular flexibility index (Phi) is 5.27. The van der Waals surface area contributed by atoms with Crippen LogP contribution in [0.1, 0.15) is 11.1 Å². The summed E-state index contributed by atoms with van der Waals surface area (Å²) in [6.07, 6.45) is 3.10. The molecule has 1 aliphatic heterocycles. The Labute approximate surface area is 164 Å². The SMILES string of the molecule is N#Cc1cccc(NC(=O)N2CCN(CCc3c[nH]c4ccccc34)CC2)c1. The topological polar surface area (TPSA) is 75.2 Å². The molecule has 3 aromatic rings. The maximum Gasteiger partial charge on any atom is 0.321 e. The second-order valence-corrected chi connectivity index (χ2v) is 7.06. The molecule has 6 nitrogen and oxygen atoms in total. The minimum atomic E-state index is -0.105. The van der Waals surface area contributed by atoms with Gasteiger partial charge in [0.05, 0.1) is 11.6 Å². The highest BCUT2D eigenvalue weighted by molar-refractivity contribution is 5.89. The van der Waals surface area contributed by atoms with Gasteiger partial charge in [0.15, 0.2) is 0 Å². The number of aromatic nitrogens is 1. The van der Waals surface area contributed by atoms with E-state index in [4.69, 9.17) is 5.26 Å². The first-order valence-corrected chi connectivity index (χ1v) is 9.56. The molecular formula is C22H23N5O. The number of urea groups is 1. The average Bonchev–Trinajstić information content (AvgIpc) is 3.16. The Morgan fingerprint density at radius 1 is 1.11 bits per heavy atom. The number of fused-ring (bicyclic) bond motifs is 1. The van der Waals surface area contributed by atoms with Crippen molar-refractivity contribution in [3.8, 4) is 6.07 Å². The molecule has 142 valence electrons. The van der Waals surface area contributed by atoms with Crippen molar-refractivity contribution in [2.24, 2.45) is 0 Å². The molecule has 0 aliphatic carbocycles. The molecule has 2 N–H and O–H groups in total. The highest BCUT2D eigenvalue weighted by Crippen LogP contribution is 2.18. The summed E-state index contributed by atoms with van der Waals surface area (Å²) in [6.45, 7) is 4.14. The van der Waals surface area contributed by atoms with Gasteiger partial charge >= 0.3 is 6.03 Å². The number of carbonyl (C=O) groups excluding carboxylic acids is 1. The highest BCUT2D eigenvalue weighted by Gasteiger charge is 2.21. The van der Waals surface area contributed by atoms with Crippen molar-refractivity contribution < 1.29 is 4.79 Å². The zero-order valence-electron chi connectivity index (χ0n) is 15.7. The maximum atomic E-state index is 12.5. The lowest BCUT2D eigenvalue weighted by Gasteiger charge is -2.34. The summed E-state index contributed by atoms with van der Waals surface area (Å²) >= 11 is 0. The Hall–Kier alpha value is -3.30. The van der Waals surface area contributed by atoms with Gasteiger partial charge in [-0.25, -0.2) is 4.79 Å². The minimum Gasteiger partial charge on any atom is -0.361 e. The van der Waals surface area contributed by atoms with Gasteiger partial charge in [0, 0.05) is 55.5 Å². The van der Waals surface area contributed by atoms with Crippen LogP contribution >= 0.6 is 0 Å². The van der Waals surface area contributed by atoms with Crippen molar-refractivity contribution in [2.45, 2.75) is 6.42 Å². The summed E-state index contributed by atoms with van der Waals surface area (Å²) in [6, 6.07) is 17.3. The number of hydrogen-bond donors (Lipinski definition) is 2. The smallest absolute Gasteiger partial charge is 0.321 e. The van der Waals surface area contributed by atoms with Crippen LogP contribution in [0.4, 0.5) is 10.5 Å². The van der Waals surface area contributed by atoms with Crippen LogP contribution in [0.25, 0.3) is 10.9 Å². The van der Waals surface area contributed by atoms with Crippen molar-refractivity contribution in [1.29, 1.82) is 5.26 Å². The molecule has 1 fully saturated rings. The third-order valence-corrected chi connectivity index (χ3v) is 5.27. The monoisotopic (exact) mass is 373 g/mol. The van der Waals surface area contributed by atoms with Gasteiger partial charge in [-0.15, -0.1) is 0 Å². The van der Waals surface area contributed by atoms with Crippen LogP contribution in [0, 0.1) is 11.3 Å². The number of aromatic amines is 1. The summed E-state index contributed by atoms with van der Waals surface area (Å²) in [5.41, 5.74) is 3.72. The van der Waals surface area contributed by atoms with Crippen molar-refractivity contribution in [3.63, 3.8) is 0 Å². The van der Waals surface area contributed by atoms with Crippen LogP contribution in [-0.2, 0) is 6.42 Å². The predicted molar refractivity (Wildman–Crippen MR) is 110 cm³/mol. The summed E-state index contributed by atoms with van der Waals surface area (Å²) in [4.78, 5) is 20.0. The summed E-state index contributed by atoms with van der Waals surface area (Å²) in [5, 5.41) is 13.2. The van der Waals surface area contributed by atoms with Crippen molar-refractivity contribution in [2.75, 3.05) is 38.0 Å². The van der Waals surface area contributed by atoms with E-state index in [-0.39, 0.29) is 6.03 Å². The Morgan fingerprint density at radius 3 is 2.75 bits per heavy atom. The molecule has 1 saturated heterocycles. The van der Waals surface area contributed by atoms with E-state index in [0.717, 1.165) is 26.1 Å². The van der Waals surface area contributed by atoms with Gasteiger partial charge in [0.25, 0.3) is 0 Å². The van der Waals surface area contributed by atoms with Gasteiger partial charge in [-0.3, -0.25) is 4.90 Å². The molecule has 1 aromatic heterocycles. The molecule has 2 aromatic carbocycles. The number of nitrogens with zero attached hydrogens (tertiary/aromatic N) is 3. The molecule has 1 aliphatic rings. The van der Waals surface area contributed by atoms with Crippen LogP contribution in [-0.4, -0.2) is 53.5 Å². The van der Waals surface area contributed by atoms with Gasteiger partial charge in [0.1, 0.15) is 0 Å². The molecular weight excluding hydrogens is 350 g/mol. The quantitative estimate of drug-likeness (QED) is 0.736. The number of rotatable bonds is 4. The Morgan fingerprint density at radius 2 is 1.93 bits per heavy atom. The number of anilines is 1. The largest absolute Gasteiger partial charge is 0.361 e. The molecule has 0 unspecified atom stereocenters. The highest BCUT2D eigenvalue weighted by atomic mass is 16.2. The fourth-order valence-corrected chi connectivity index (χ4v) is 3.66. The standard InChI is InChI=1S/C22H23N5O/c23-15-17-4-3-5-19(14-17)25-22(28)27-12-10-26(11-13-27)9-8-18-16-24-21-7-2-1-6-20(18)21/h1-7,14,16,24H,8-13H2,(H,25,28). The van der Waals surface area contributed by atoms with Crippen LogP contribution in [0.5, 0.6) is 0 Å². The van der Waals surface area contributed by atoms with E-state index in [0.29, 0.717) is 24.3 Å². The third kappa shape index (κ3) is 4.00. The van der Waals surface area contributed by atoms with Crippen LogP contribution in [0.3, 0.4) is 0 Å². The molecule has 0 radical (unpaired) electrons. The number of nitriles is 1. The summed E-state index contributed by atoms with van der Waals surface area (Å²) in [7, 11) is 0. The lowest BCUT2D eigenvalue weighted by molar-refractivity contribution is 0.148. The zero-order valence-corrected chi connectivity index (χ0v) is 15.7. The number of amides is 2. The number of para-hydroxylation sites is 1. The summed E-state index contributed by atoms with van der Waals surface area (Å²) < 4.78 is 0. The number of piperazine rings is 1. The van der Waals surface area contributed by atoms with Gasteiger partial charge < -0.3 is 15.2 Å². The molecule has 0 atom stereocenters. The van der Waals surface area contributed by atoms with Gasteiger partial charge in [0.2, 0.25) is 0 Å². The number of carbonyl (C=O) groups is 1. The third-order valence-electron chi connectivity index (χ3n) is 5.27. The Balaban J connectivity index is 1.27. The molecule has 0 saturated carbocycles. The van der Waals surface area contributed by atoms with Crippen LogP contribution in [0.2, 0.25) is 0 Å². The lowest BCUT2D eigenvalue weighted by Crippen LogP contribution is -2.50. The van der Waals surface area contributed by atoms with E-state index in [1.807, 2.05) is 11.0 Å². The first kappa shape index (κ1) is 18.1. The molecule has 0 spiro atoms. The second kappa shape index (κ2) is 8.15. The number of hydrogen-bond acceptors (Lipinski definition) is 3. The number of H-pyrrole nitrogens is 1. The minimum absolute atomic E-state index is 0.105. The van der Waals surface area contributed by atoms with E-state index >= 15 is 0 Å². The fraction of sp³-hybridized carbons (Fsp3) is 0.273. The van der Waals surface area contributed by atoms with Gasteiger partial charge in [-0.2, -0.15) is 5.26 Å². The predicted octanol–water partition coefficient (Wildman–Crippen LogP) is 3.43. The number of benzene rings is 2. The molecule has 6 heteroatoms. The first-order chi connectivity index (χ1) is 13.7. The normalized spacial score (nSPS) is 14.8. The zero-order chi connectivity index (χ0) is 19.3. The number of nitrogens with one attached hydrogen (secondary N) is 2. The van der Waals surface area contributed by atoms with E-state index in [1.54, 1.807) is 24.3 Å². The molecule has 28 heavy (non-hydrogen) atoms. The van der Waals surface area contributed by atoms with Gasteiger partial charge in [-0.05, 0) is 36.2 Å². The van der Waals surface area contributed by atoms with E-state index < -0.39 is 0 Å². The maximum absolute atomic E-state index is 12.5. The van der Waals surface area contributed by atoms with Gasteiger partial charge in [-0.1, -0.05) is 24.3 Å². The lowest BCUT2D eigenvalue weighted by atomic mass is 10.1. The van der Waals surface area contributed by atoms with E-state index in [1.165, 1.54) is 16.5 Å². The van der Waals surface area contributed by atoms with E-state index in [9.17, 15) is 4.79 Å². The molecule has 0 bridgehead atoms. The second-order valence-electron chi connectivity index (χ2n) is 7.06. The van der Waals surface area contributed by atoms with Crippen LogP contribution < -0.4 is 5.32 Å². The van der Waals surface area contributed by atoms with E-state index in [2.05, 4.69) is 45.7 Å². The average molecular weight is 373 g/mol. The Bertz CT molecular complexity index is 1010. The molecule has 4 rings (SSSR count). The molecule has 2 heterocycles. The van der Waals surface area contributed by atoms with Crippen molar-refractivity contribution in [3.05, 3.63) is 65.9 Å². The van der Waals surface area contributed by atoms with Crippen molar-refractivity contribution >= 4 is 22.6 Å². The fourth-order valence-electron chi connectivity index (χ4n) is 3.66. The molecule has 2 amide bonds. The first-order valence-electron chi connectivity index (χ1n) is 9.56. The van der Waals surface area contributed by atoms with Crippen molar-refractivity contribution in [1.82, 2.24) is 14.8 Å². The summed E-state index contributed by atoms with van der Waals surface area (Å²) in [5.74, 6) is 0.